The highest BCUT2D eigenvalue weighted by Crippen LogP contribution is 2.23. The molecular weight excluding hydrogens is 338 g/mol. The summed E-state index contributed by atoms with van der Waals surface area (Å²) in [5.41, 5.74) is 8.95. The standard InChI is InChI=1S/C18H18ClN5O/c1-10(15-7-14(21)12(8-20)9-22-15)23-18(25)17-5-11-3-4-13(19)6-16(11)24(17)2/h3-10,20H,1-2H3,(H2,21,22)(H,23,25). The summed E-state index contributed by atoms with van der Waals surface area (Å²) in [4.78, 5) is 16.9. The van der Waals surface area contributed by atoms with E-state index in [2.05, 4.69) is 10.3 Å². The smallest absolute Gasteiger partial charge is 0.268 e. The summed E-state index contributed by atoms with van der Waals surface area (Å²) in [7, 11) is 1.83. The molecule has 0 spiro atoms. The number of aryl methyl sites for hydroxylation is 1. The SMILES string of the molecule is CC(NC(=O)c1cc2ccc(Cl)cc2n1C)c1cc(N)c(C=N)cn1. The molecule has 6 nitrogen and oxygen atoms in total. The van der Waals surface area contributed by atoms with Crippen molar-refractivity contribution in [3.63, 3.8) is 0 Å². The van der Waals surface area contributed by atoms with Gasteiger partial charge in [0.25, 0.3) is 5.91 Å². The summed E-state index contributed by atoms with van der Waals surface area (Å²) in [6.07, 6.45) is 2.68. The highest BCUT2D eigenvalue weighted by atomic mass is 35.5. The molecule has 0 bridgehead atoms. The number of aromatic nitrogens is 2. The van der Waals surface area contributed by atoms with Gasteiger partial charge in [-0.3, -0.25) is 9.78 Å². The Morgan fingerprint density at radius 3 is 2.84 bits per heavy atom. The van der Waals surface area contributed by atoms with Gasteiger partial charge in [0.2, 0.25) is 0 Å². The lowest BCUT2D eigenvalue weighted by molar-refractivity contribution is 0.0931. The van der Waals surface area contributed by atoms with Crippen LogP contribution in [0, 0.1) is 5.41 Å². The number of pyridine rings is 1. The van der Waals surface area contributed by atoms with Gasteiger partial charge in [-0.2, -0.15) is 0 Å². The molecule has 0 fully saturated rings. The zero-order chi connectivity index (χ0) is 18.1. The zero-order valence-corrected chi connectivity index (χ0v) is 14.6. The fraction of sp³-hybridized carbons (Fsp3) is 0.167. The second-order valence-electron chi connectivity index (χ2n) is 5.87. The first-order valence-corrected chi connectivity index (χ1v) is 8.10. The highest BCUT2D eigenvalue weighted by Gasteiger charge is 2.17. The van der Waals surface area contributed by atoms with Gasteiger partial charge in [-0.05, 0) is 31.2 Å². The summed E-state index contributed by atoms with van der Waals surface area (Å²) in [6.45, 7) is 1.84. The van der Waals surface area contributed by atoms with Crippen molar-refractivity contribution < 1.29 is 4.79 Å². The van der Waals surface area contributed by atoms with E-state index in [1.807, 2.05) is 36.7 Å². The van der Waals surface area contributed by atoms with Crippen molar-refractivity contribution in [2.24, 2.45) is 7.05 Å². The number of carbonyl (C=O) groups excluding carboxylic acids is 1. The van der Waals surface area contributed by atoms with E-state index in [0.29, 0.717) is 27.7 Å². The van der Waals surface area contributed by atoms with E-state index in [1.54, 1.807) is 12.1 Å². The molecule has 7 heteroatoms. The van der Waals surface area contributed by atoms with Crippen LogP contribution in [0.3, 0.4) is 0 Å². The van der Waals surface area contributed by atoms with Crippen molar-refractivity contribution in [1.82, 2.24) is 14.9 Å². The van der Waals surface area contributed by atoms with Crippen LogP contribution in [0.5, 0.6) is 0 Å². The van der Waals surface area contributed by atoms with Gasteiger partial charge in [-0.1, -0.05) is 17.7 Å². The van der Waals surface area contributed by atoms with Crippen LogP contribution >= 0.6 is 11.6 Å². The molecule has 2 heterocycles. The van der Waals surface area contributed by atoms with Gasteiger partial charge >= 0.3 is 0 Å². The number of nitrogen functional groups attached to an aromatic ring is 1. The van der Waals surface area contributed by atoms with Crippen molar-refractivity contribution in [1.29, 1.82) is 5.41 Å². The minimum Gasteiger partial charge on any atom is -0.398 e. The Kier molecular flexibility index (Phi) is 4.46. The Balaban J connectivity index is 1.85. The van der Waals surface area contributed by atoms with Crippen molar-refractivity contribution in [2.75, 3.05) is 5.73 Å². The molecule has 0 saturated heterocycles. The second kappa shape index (κ2) is 6.57. The Hall–Kier alpha value is -2.86. The summed E-state index contributed by atoms with van der Waals surface area (Å²) in [6, 6.07) is 8.69. The highest BCUT2D eigenvalue weighted by molar-refractivity contribution is 6.31. The maximum atomic E-state index is 12.7. The molecule has 128 valence electrons. The van der Waals surface area contributed by atoms with E-state index < -0.39 is 0 Å². The topological polar surface area (TPSA) is 96.8 Å². The molecule has 3 rings (SSSR count). The minimum atomic E-state index is -0.323. The van der Waals surface area contributed by atoms with Crippen LogP contribution in [0.1, 0.15) is 34.7 Å². The molecule has 1 aromatic carbocycles. The van der Waals surface area contributed by atoms with E-state index >= 15 is 0 Å². The lowest BCUT2D eigenvalue weighted by Gasteiger charge is -2.15. The second-order valence-corrected chi connectivity index (χ2v) is 6.31. The first-order valence-electron chi connectivity index (χ1n) is 7.72. The Labute approximate surface area is 150 Å². The molecule has 0 aliphatic carbocycles. The van der Waals surface area contributed by atoms with Crippen LogP contribution < -0.4 is 11.1 Å². The number of amides is 1. The number of hydrogen-bond donors (Lipinski definition) is 3. The van der Waals surface area contributed by atoms with Crippen LogP contribution in [0.15, 0.2) is 36.5 Å². The number of fused-ring (bicyclic) bond motifs is 1. The summed E-state index contributed by atoms with van der Waals surface area (Å²) in [5, 5.41) is 11.7. The van der Waals surface area contributed by atoms with Crippen molar-refractivity contribution >= 4 is 40.3 Å². The van der Waals surface area contributed by atoms with Crippen LogP contribution in [-0.4, -0.2) is 21.7 Å². The third kappa shape index (κ3) is 3.21. The van der Waals surface area contributed by atoms with Crippen LogP contribution in [0.2, 0.25) is 5.02 Å². The number of benzene rings is 1. The molecule has 1 atom stereocenters. The van der Waals surface area contributed by atoms with E-state index in [-0.39, 0.29) is 11.9 Å². The van der Waals surface area contributed by atoms with Gasteiger partial charge in [-0.25, -0.2) is 0 Å². The first-order chi connectivity index (χ1) is 11.9. The Morgan fingerprint density at radius 1 is 1.40 bits per heavy atom. The maximum Gasteiger partial charge on any atom is 0.268 e. The monoisotopic (exact) mass is 355 g/mol. The number of nitrogens with zero attached hydrogens (tertiary/aromatic N) is 2. The molecule has 1 amide bonds. The van der Waals surface area contributed by atoms with E-state index in [0.717, 1.165) is 17.1 Å². The quantitative estimate of drug-likeness (QED) is 0.626. The summed E-state index contributed by atoms with van der Waals surface area (Å²) >= 11 is 6.03. The normalized spacial score (nSPS) is 12.1. The molecule has 2 aromatic heterocycles. The number of anilines is 1. The summed E-state index contributed by atoms with van der Waals surface area (Å²) < 4.78 is 1.81. The number of nitrogens with two attached hydrogens (primary N) is 1. The molecule has 0 aliphatic rings. The molecule has 3 aromatic rings. The molecule has 1 unspecified atom stereocenters. The Morgan fingerprint density at radius 2 is 2.16 bits per heavy atom. The average molecular weight is 356 g/mol. The van der Waals surface area contributed by atoms with Crippen LogP contribution in [-0.2, 0) is 7.05 Å². The molecular formula is C18H18ClN5O. The van der Waals surface area contributed by atoms with Crippen molar-refractivity contribution in [2.45, 2.75) is 13.0 Å². The number of hydrogen-bond acceptors (Lipinski definition) is 4. The van der Waals surface area contributed by atoms with Crippen molar-refractivity contribution in [3.05, 3.63) is 58.5 Å². The predicted octanol–water partition coefficient (Wildman–Crippen LogP) is 3.30. The lowest BCUT2D eigenvalue weighted by Crippen LogP contribution is -2.28. The van der Waals surface area contributed by atoms with Gasteiger partial charge in [0, 0.05) is 46.6 Å². The van der Waals surface area contributed by atoms with Crippen LogP contribution in [0.25, 0.3) is 10.9 Å². The first kappa shape index (κ1) is 17.0. The van der Waals surface area contributed by atoms with Gasteiger partial charge < -0.3 is 21.0 Å². The van der Waals surface area contributed by atoms with Gasteiger partial charge in [0.1, 0.15) is 5.69 Å². The minimum absolute atomic E-state index is 0.209. The molecule has 4 N–H and O–H groups in total. The van der Waals surface area contributed by atoms with Crippen molar-refractivity contribution in [3.8, 4) is 0 Å². The van der Waals surface area contributed by atoms with Gasteiger partial charge in [0.15, 0.2) is 0 Å². The average Bonchev–Trinajstić information content (AvgIpc) is 2.91. The summed E-state index contributed by atoms with van der Waals surface area (Å²) in [5.74, 6) is -0.209. The number of rotatable bonds is 4. The number of halogens is 1. The largest absolute Gasteiger partial charge is 0.398 e. The van der Waals surface area contributed by atoms with Crippen LogP contribution in [0.4, 0.5) is 5.69 Å². The number of carbonyl (C=O) groups is 1. The fourth-order valence-electron chi connectivity index (χ4n) is 2.72. The lowest BCUT2D eigenvalue weighted by atomic mass is 10.1. The van der Waals surface area contributed by atoms with Gasteiger partial charge in [0.05, 0.1) is 11.7 Å². The third-order valence-electron chi connectivity index (χ3n) is 4.18. The zero-order valence-electron chi connectivity index (χ0n) is 13.9. The molecule has 0 saturated carbocycles. The van der Waals surface area contributed by atoms with Gasteiger partial charge in [-0.15, -0.1) is 0 Å². The van der Waals surface area contributed by atoms with E-state index in [9.17, 15) is 4.79 Å². The predicted molar refractivity (Wildman–Crippen MR) is 100 cm³/mol. The number of nitrogens with one attached hydrogen (secondary N) is 2. The molecule has 25 heavy (non-hydrogen) atoms. The molecule has 0 radical (unpaired) electrons. The third-order valence-corrected chi connectivity index (χ3v) is 4.41. The Bertz CT molecular complexity index is 979. The fourth-order valence-corrected chi connectivity index (χ4v) is 2.89. The molecule has 0 aliphatic heterocycles. The maximum absolute atomic E-state index is 12.7. The van der Waals surface area contributed by atoms with E-state index in [1.165, 1.54) is 6.20 Å². The van der Waals surface area contributed by atoms with E-state index in [4.69, 9.17) is 22.7 Å².